The molecule has 1 atom stereocenters. The number of carbonyl (C=O) groups is 2. The largest absolute Gasteiger partial charge is 0.480 e. The first-order valence-electron chi connectivity index (χ1n) is 8.33. The Morgan fingerprint density at radius 2 is 1.73 bits per heavy atom. The van der Waals surface area contributed by atoms with Gasteiger partial charge in [-0.05, 0) is 29.2 Å². The van der Waals surface area contributed by atoms with Crippen LogP contribution in [0.2, 0.25) is 0 Å². The molecule has 2 aromatic rings. The number of benzene rings is 2. The summed E-state index contributed by atoms with van der Waals surface area (Å²) in [5, 5.41) is 9.56. The van der Waals surface area contributed by atoms with Crippen molar-refractivity contribution < 1.29 is 23.8 Å². The quantitative estimate of drug-likeness (QED) is 0.809. The molecule has 0 aliphatic heterocycles. The number of carboxylic acid groups (broad SMARTS) is 1. The fourth-order valence-electron chi connectivity index (χ4n) is 2.69. The summed E-state index contributed by atoms with van der Waals surface area (Å²) in [7, 11) is 0. The first-order valence-corrected chi connectivity index (χ1v) is 8.33. The molecule has 0 aliphatic rings. The van der Waals surface area contributed by atoms with E-state index >= 15 is 0 Å². The van der Waals surface area contributed by atoms with Gasteiger partial charge in [0.2, 0.25) is 0 Å². The van der Waals surface area contributed by atoms with Crippen molar-refractivity contribution in [3.05, 3.63) is 71.5 Å². The van der Waals surface area contributed by atoms with Gasteiger partial charge in [0.25, 0.3) is 0 Å². The molecule has 0 heterocycles. The number of rotatable bonds is 7. The summed E-state index contributed by atoms with van der Waals surface area (Å²) in [4.78, 5) is 25.4. The number of hydrogen-bond acceptors (Lipinski definition) is 3. The molecule has 1 N–H and O–H groups in total. The number of aliphatic carboxylic acids is 1. The first-order chi connectivity index (χ1) is 12.4. The highest BCUT2D eigenvalue weighted by atomic mass is 19.1. The van der Waals surface area contributed by atoms with Crippen molar-refractivity contribution in [1.82, 2.24) is 4.90 Å². The fourth-order valence-corrected chi connectivity index (χ4v) is 2.69. The lowest BCUT2D eigenvalue weighted by Crippen LogP contribution is -2.47. The topological polar surface area (TPSA) is 66.8 Å². The van der Waals surface area contributed by atoms with Crippen molar-refractivity contribution in [3.8, 4) is 0 Å². The molecule has 0 saturated heterocycles. The van der Waals surface area contributed by atoms with E-state index in [0.29, 0.717) is 5.56 Å². The molecular weight excluding hydrogens is 337 g/mol. The van der Waals surface area contributed by atoms with Gasteiger partial charge in [-0.15, -0.1) is 0 Å². The van der Waals surface area contributed by atoms with Gasteiger partial charge in [-0.25, -0.2) is 14.0 Å². The Morgan fingerprint density at radius 3 is 2.31 bits per heavy atom. The van der Waals surface area contributed by atoms with Gasteiger partial charge in [-0.3, -0.25) is 4.90 Å². The lowest BCUT2D eigenvalue weighted by Gasteiger charge is -2.30. The van der Waals surface area contributed by atoms with E-state index in [9.17, 15) is 19.1 Å². The predicted molar refractivity (Wildman–Crippen MR) is 94.8 cm³/mol. The molecule has 0 spiro atoms. The van der Waals surface area contributed by atoms with Gasteiger partial charge in [0, 0.05) is 0 Å². The maximum atomic E-state index is 13.5. The smallest absolute Gasteiger partial charge is 0.411 e. The highest BCUT2D eigenvalue weighted by Crippen LogP contribution is 2.18. The van der Waals surface area contributed by atoms with Crippen molar-refractivity contribution >= 4 is 12.1 Å². The Hall–Kier alpha value is -2.89. The first kappa shape index (κ1) is 19.4. The van der Waals surface area contributed by atoms with E-state index in [-0.39, 0.29) is 19.1 Å². The van der Waals surface area contributed by atoms with Crippen LogP contribution in [-0.2, 0) is 22.7 Å². The van der Waals surface area contributed by atoms with Crippen LogP contribution >= 0.6 is 0 Å². The minimum atomic E-state index is -1.13. The molecule has 2 aromatic carbocycles. The highest BCUT2D eigenvalue weighted by molar-refractivity contribution is 5.80. The summed E-state index contributed by atoms with van der Waals surface area (Å²) < 4.78 is 18.8. The van der Waals surface area contributed by atoms with Crippen molar-refractivity contribution in [2.45, 2.75) is 33.0 Å². The molecule has 138 valence electrons. The summed E-state index contributed by atoms with van der Waals surface area (Å²) in [6, 6.07) is 13.7. The predicted octanol–water partition coefficient (Wildman–Crippen LogP) is 4.07. The Labute approximate surface area is 152 Å². The number of nitrogens with zero attached hydrogens (tertiary/aromatic N) is 1. The molecule has 1 unspecified atom stereocenters. The molecule has 2 rings (SSSR count). The molecule has 26 heavy (non-hydrogen) atoms. The fraction of sp³-hybridized carbons (Fsp3) is 0.300. The Morgan fingerprint density at radius 1 is 1.08 bits per heavy atom. The highest BCUT2D eigenvalue weighted by Gasteiger charge is 2.33. The molecule has 0 bridgehead atoms. The van der Waals surface area contributed by atoms with Crippen LogP contribution in [0.3, 0.4) is 0 Å². The third-order valence-corrected chi connectivity index (χ3v) is 3.90. The zero-order valence-electron chi connectivity index (χ0n) is 14.8. The number of carbonyl (C=O) groups excluding carboxylic acids is 1. The summed E-state index contributed by atoms with van der Waals surface area (Å²) in [6.45, 7) is 3.40. The number of halogens is 1. The van der Waals surface area contributed by atoms with Gasteiger partial charge in [-0.1, -0.05) is 56.3 Å². The van der Waals surface area contributed by atoms with Crippen LogP contribution in [0.4, 0.5) is 9.18 Å². The van der Waals surface area contributed by atoms with E-state index in [1.54, 1.807) is 32.0 Å². The van der Waals surface area contributed by atoms with E-state index < -0.39 is 23.9 Å². The van der Waals surface area contributed by atoms with Crippen LogP contribution in [0.1, 0.15) is 25.0 Å². The molecule has 0 fully saturated rings. The van der Waals surface area contributed by atoms with E-state index in [0.717, 1.165) is 10.5 Å². The van der Waals surface area contributed by atoms with Crippen LogP contribution in [0.15, 0.2) is 54.6 Å². The molecule has 0 saturated carbocycles. The number of amides is 1. The SMILES string of the molecule is CC(C)C(C(=O)O)N(Cc1cccc(F)c1)C(=O)OCc1ccccc1. The van der Waals surface area contributed by atoms with Crippen molar-refractivity contribution in [2.24, 2.45) is 5.92 Å². The normalized spacial score (nSPS) is 11.8. The minimum Gasteiger partial charge on any atom is -0.480 e. The average Bonchev–Trinajstić information content (AvgIpc) is 2.59. The van der Waals surface area contributed by atoms with Crippen LogP contribution < -0.4 is 0 Å². The second-order valence-corrected chi connectivity index (χ2v) is 6.33. The van der Waals surface area contributed by atoms with Crippen molar-refractivity contribution in [1.29, 1.82) is 0 Å². The summed E-state index contributed by atoms with van der Waals surface area (Å²) >= 11 is 0. The van der Waals surface area contributed by atoms with Crippen LogP contribution in [0.25, 0.3) is 0 Å². The monoisotopic (exact) mass is 359 g/mol. The van der Waals surface area contributed by atoms with Crippen LogP contribution in [-0.4, -0.2) is 28.1 Å². The third-order valence-electron chi connectivity index (χ3n) is 3.90. The zero-order chi connectivity index (χ0) is 19.1. The second-order valence-electron chi connectivity index (χ2n) is 6.33. The zero-order valence-corrected chi connectivity index (χ0v) is 14.8. The summed E-state index contributed by atoms with van der Waals surface area (Å²) in [6.07, 6.45) is -0.751. The van der Waals surface area contributed by atoms with Crippen LogP contribution in [0.5, 0.6) is 0 Å². The molecule has 1 amide bonds. The van der Waals surface area contributed by atoms with Gasteiger partial charge in [0.1, 0.15) is 18.5 Å². The second kappa shape index (κ2) is 8.99. The molecule has 0 radical (unpaired) electrons. The maximum Gasteiger partial charge on any atom is 0.411 e. The van der Waals surface area contributed by atoms with Crippen molar-refractivity contribution in [2.75, 3.05) is 0 Å². The number of carboxylic acids is 1. The lowest BCUT2D eigenvalue weighted by atomic mass is 10.0. The maximum absolute atomic E-state index is 13.5. The van der Waals surface area contributed by atoms with E-state index in [2.05, 4.69) is 0 Å². The standard InChI is InChI=1S/C20H22FNO4/c1-14(2)18(19(23)24)22(12-16-9-6-10-17(21)11-16)20(25)26-13-15-7-4-3-5-8-15/h3-11,14,18H,12-13H2,1-2H3,(H,23,24). The summed E-state index contributed by atoms with van der Waals surface area (Å²) in [5.41, 5.74) is 1.29. The molecular formula is C20H22FNO4. The van der Waals surface area contributed by atoms with Gasteiger partial charge in [0.05, 0.1) is 6.54 Å². The Kier molecular flexibility index (Phi) is 6.72. The van der Waals surface area contributed by atoms with E-state index in [1.807, 2.05) is 18.2 Å². The molecule has 0 aliphatic carbocycles. The number of ether oxygens (including phenoxy) is 1. The average molecular weight is 359 g/mol. The molecule has 6 heteroatoms. The van der Waals surface area contributed by atoms with Crippen molar-refractivity contribution in [3.63, 3.8) is 0 Å². The van der Waals surface area contributed by atoms with Crippen LogP contribution in [0, 0.1) is 11.7 Å². The molecule has 5 nitrogen and oxygen atoms in total. The van der Waals surface area contributed by atoms with E-state index in [4.69, 9.17) is 4.74 Å². The van der Waals surface area contributed by atoms with Gasteiger partial charge in [0.15, 0.2) is 0 Å². The Balaban J connectivity index is 2.20. The minimum absolute atomic E-state index is 0.0315. The lowest BCUT2D eigenvalue weighted by molar-refractivity contribution is -0.144. The van der Waals surface area contributed by atoms with Gasteiger partial charge < -0.3 is 9.84 Å². The number of hydrogen-bond donors (Lipinski definition) is 1. The third kappa shape index (κ3) is 5.31. The Bertz CT molecular complexity index is 748. The van der Waals surface area contributed by atoms with Gasteiger partial charge >= 0.3 is 12.1 Å². The molecule has 0 aromatic heterocycles. The van der Waals surface area contributed by atoms with E-state index in [1.165, 1.54) is 18.2 Å². The van der Waals surface area contributed by atoms with Gasteiger partial charge in [-0.2, -0.15) is 0 Å². The summed E-state index contributed by atoms with van der Waals surface area (Å²) in [5.74, 6) is -1.92.